The van der Waals surface area contributed by atoms with Gasteiger partial charge in [-0.05, 0) is 72.8 Å². The molecule has 0 atom stereocenters. The SMILES string of the molecule is O=C(O)c1ccc(N=Cc2ccccn2)cc1.O=C(O)c1ccc(N=Cc2ccccn2)cc1.[I][Ru][I]. The fourth-order valence-electron chi connectivity index (χ4n) is 2.57. The molecule has 8 nitrogen and oxygen atoms in total. The van der Waals surface area contributed by atoms with E-state index in [1.165, 1.54) is 24.3 Å². The van der Waals surface area contributed by atoms with Gasteiger partial charge < -0.3 is 10.2 Å². The Morgan fingerprint density at radius 3 is 1.27 bits per heavy atom. The Morgan fingerprint density at radius 2 is 1.00 bits per heavy atom. The van der Waals surface area contributed by atoms with Gasteiger partial charge in [0, 0.05) is 12.4 Å². The molecule has 0 aliphatic carbocycles. The van der Waals surface area contributed by atoms with Gasteiger partial charge in [-0.3, -0.25) is 20.0 Å². The Labute approximate surface area is 243 Å². The van der Waals surface area contributed by atoms with E-state index in [-0.39, 0.29) is 11.1 Å². The summed E-state index contributed by atoms with van der Waals surface area (Å²) in [7, 11) is 0.650. The number of halogens is 2. The first-order valence-electron chi connectivity index (χ1n) is 10.3. The summed E-state index contributed by atoms with van der Waals surface area (Å²) in [5.74, 6) is -1.88. The molecule has 2 N–H and O–H groups in total. The summed E-state index contributed by atoms with van der Waals surface area (Å²) in [6.45, 7) is 0. The van der Waals surface area contributed by atoms with Gasteiger partial charge in [0.15, 0.2) is 0 Å². The summed E-state index contributed by atoms with van der Waals surface area (Å²) in [6, 6.07) is 23.8. The number of carboxylic acid groups (broad SMARTS) is 2. The van der Waals surface area contributed by atoms with Gasteiger partial charge in [0.05, 0.1) is 46.3 Å². The van der Waals surface area contributed by atoms with Gasteiger partial charge in [0.2, 0.25) is 0 Å². The van der Waals surface area contributed by atoms with Crippen LogP contribution in [0, 0.1) is 0 Å². The maximum absolute atomic E-state index is 10.6. The number of aliphatic imine (C=N–C) groups is 2. The molecule has 2 aromatic carbocycles. The third-order valence-corrected chi connectivity index (χ3v) is 4.30. The van der Waals surface area contributed by atoms with Crippen molar-refractivity contribution < 1.29 is 29.9 Å². The summed E-state index contributed by atoms with van der Waals surface area (Å²) >= 11 is 4.73. The fraction of sp³-hybridized carbons (Fsp3) is 0. The quantitative estimate of drug-likeness (QED) is 0.125. The molecular formula is C26H20I2N4O4Ru. The summed E-state index contributed by atoms with van der Waals surface area (Å²) in [6.07, 6.45) is 6.65. The summed E-state index contributed by atoms with van der Waals surface area (Å²) in [5, 5.41) is 17.5. The third-order valence-electron chi connectivity index (χ3n) is 4.30. The molecule has 0 saturated carbocycles. The molecule has 11 heteroatoms. The molecule has 0 aliphatic heterocycles. The number of hydrogen-bond donors (Lipinski definition) is 2. The molecule has 0 bridgehead atoms. The zero-order chi connectivity index (χ0) is 26.9. The Bertz CT molecular complexity index is 1200. The van der Waals surface area contributed by atoms with Crippen LogP contribution in [0.4, 0.5) is 11.4 Å². The molecule has 4 rings (SSSR count). The van der Waals surface area contributed by atoms with Gasteiger partial charge in [0.1, 0.15) is 0 Å². The number of benzene rings is 2. The van der Waals surface area contributed by atoms with Crippen molar-refractivity contribution in [2.45, 2.75) is 0 Å². The van der Waals surface area contributed by atoms with Crippen molar-refractivity contribution in [3.8, 4) is 0 Å². The van der Waals surface area contributed by atoms with Crippen LogP contribution in [-0.4, -0.2) is 44.5 Å². The van der Waals surface area contributed by atoms with Crippen LogP contribution in [0.25, 0.3) is 0 Å². The normalized spacial score (nSPS) is 10.3. The predicted molar refractivity (Wildman–Crippen MR) is 158 cm³/mol. The summed E-state index contributed by atoms with van der Waals surface area (Å²) in [4.78, 5) is 37.9. The molecule has 0 amide bonds. The topological polar surface area (TPSA) is 125 Å². The van der Waals surface area contributed by atoms with Crippen LogP contribution >= 0.6 is 39.5 Å². The first-order chi connectivity index (χ1) is 17.9. The summed E-state index contributed by atoms with van der Waals surface area (Å²) < 4.78 is 0. The van der Waals surface area contributed by atoms with E-state index in [1.807, 2.05) is 36.4 Å². The minimum absolute atomic E-state index is 0.252. The number of nitrogens with zero attached hydrogens (tertiary/aromatic N) is 4. The second kappa shape index (κ2) is 17.5. The number of aromatic nitrogens is 2. The van der Waals surface area contributed by atoms with Crippen LogP contribution in [0.2, 0.25) is 0 Å². The first kappa shape index (κ1) is 30.3. The number of rotatable bonds is 6. The fourth-order valence-corrected chi connectivity index (χ4v) is 2.57. The van der Waals surface area contributed by atoms with Crippen LogP contribution < -0.4 is 0 Å². The zero-order valence-electron chi connectivity index (χ0n) is 19.0. The predicted octanol–water partition coefficient (Wildman–Crippen LogP) is 6.83. The van der Waals surface area contributed by atoms with Crippen LogP contribution in [0.15, 0.2) is 107 Å². The van der Waals surface area contributed by atoms with Crippen LogP contribution in [-0.2, 0) is 10.1 Å². The van der Waals surface area contributed by atoms with E-state index in [1.54, 1.807) is 49.1 Å². The van der Waals surface area contributed by atoms with Crippen molar-refractivity contribution in [1.29, 1.82) is 0 Å². The van der Waals surface area contributed by atoms with Crippen molar-refractivity contribution in [2.24, 2.45) is 9.98 Å². The second-order valence-electron chi connectivity index (χ2n) is 6.78. The maximum atomic E-state index is 10.6. The Hall–Kier alpha value is -2.90. The molecule has 37 heavy (non-hydrogen) atoms. The van der Waals surface area contributed by atoms with Crippen LogP contribution in [0.5, 0.6) is 0 Å². The van der Waals surface area contributed by atoms with Gasteiger partial charge in [-0.1, -0.05) is 12.1 Å². The van der Waals surface area contributed by atoms with E-state index in [4.69, 9.17) is 10.2 Å². The molecule has 0 unspecified atom stereocenters. The third kappa shape index (κ3) is 12.3. The van der Waals surface area contributed by atoms with Gasteiger partial charge in [-0.25, -0.2) is 9.59 Å². The number of aromatic carboxylic acids is 2. The van der Waals surface area contributed by atoms with Gasteiger partial charge in [-0.2, -0.15) is 0 Å². The van der Waals surface area contributed by atoms with E-state index < -0.39 is 11.9 Å². The molecule has 0 fully saturated rings. The van der Waals surface area contributed by atoms with Gasteiger partial charge >= 0.3 is 61.5 Å². The molecule has 0 saturated heterocycles. The Balaban J connectivity index is 0.000000235. The molecule has 0 aliphatic rings. The molecule has 190 valence electrons. The monoisotopic (exact) mass is 808 g/mol. The van der Waals surface area contributed by atoms with E-state index in [0.717, 1.165) is 11.4 Å². The Morgan fingerprint density at radius 1 is 0.649 bits per heavy atom. The second-order valence-corrected chi connectivity index (χ2v) is 20.2. The van der Waals surface area contributed by atoms with Gasteiger partial charge in [0.25, 0.3) is 0 Å². The minimum atomic E-state index is -0.940. The molecule has 4 aromatic rings. The van der Waals surface area contributed by atoms with E-state index >= 15 is 0 Å². The first-order valence-corrected chi connectivity index (χ1v) is 20.7. The van der Waals surface area contributed by atoms with Crippen molar-refractivity contribution >= 4 is 75.2 Å². The van der Waals surface area contributed by atoms with Crippen molar-refractivity contribution in [2.75, 3.05) is 0 Å². The van der Waals surface area contributed by atoms with E-state index in [0.29, 0.717) is 21.5 Å². The summed E-state index contributed by atoms with van der Waals surface area (Å²) in [5.41, 5.74) is 3.41. The average molecular weight is 807 g/mol. The molecule has 0 spiro atoms. The van der Waals surface area contributed by atoms with Crippen molar-refractivity contribution in [1.82, 2.24) is 9.97 Å². The van der Waals surface area contributed by atoms with E-state index in [9.17, 15) is 9.59 Å². The molecule has 2 aromatic heterocycles. The van der Waals surface area contributed by atoms with Crippen LogP contribution in [0.3, 0.4) is 0 Å². The number of hydrogen-bond acceptors (Lipinski definition) is 6. The number of carbonyl (C=O) groups is 2. The van der Waals surface area contributed by atoms with E-state index in [2.05, 4.69) is 59.5 Å². The number of pyridine rings is 2. The average Bonchev–Trinajstić information content (AvgIpc) is 2.93. The Kier molecular flexibility index (Phi) is 14.4. The molecular weight excluding hydrogens is 787 g/mol. The van der Waals surface area contributed by atoms with Crippen molar-refractivity contribution in [3.63, 3.8) is 0 Å². The van der Waals surface area contributed by atoms with Crippen LogP contribution in [0.1, 0.15) is 32.1 Å². The van der Waals surface area contributed by atoms with Crippen molar-refractivity contribution in [3.05, 3.63) is 120 Å². The van der Waals surface area contributed by atoms with Gasteiger partial charge in [-0.15, -0.1) is 0 Å². The zero-order valence-corrected chi connectivity index (χ0v) is 25.1. The number of carboxylic acids is 2. The standard InChI is InChI=1S/2C13H10N2O2.2HI.Ru/c2*16-13(17)10-4-6-11(7-5-10)15-9-12-3-1-2-8-14-12;;;/h2*1-9H,(H,16,17);2*1H;/q;;;;+2/p-2. The molecule has 2 heterocycles. The molecule has 0 radical (unpaired) electrons.